The van der Waals surface area contributed by atoms with E-state index >= 15 is 0 Å². The topological polar surface area (TPSA) is 99.2 Å². The van der Waals surface area contributed by atoms with Crippen molar-refractivity contribution in [3.05, 3.63) is 45.9 Å². The second-order valence-corrected chi connectivity index (χ2v) is 9.13. The molecule has 1 aromatic heterocycles. The van der Waals surface area contributed by atoms with Crippen LogP contribution in [0.4, 0.5) is 0 Å². The maximum Gasteiger partial charge on any atom is 0.270 e. The highest BCUT2D eigenvalue weighted by molar-refractivity contribution is 7.09. The maximum absolute atomic E-state index is 12.5. The van der Waals surface area contributed by atoms with E-state index in [1.54, 1.807) is 14.2 Å². The SMILES string of the molecule is COCCOCCOCC(=O)N1CCC(c2nc(C(=O)NCCc3cccc(OC)c3)cs2)CC1. The number of amides is 2. The summed E-state index contributed by atoms with van der Waals surface area (Å²) in [5.41, 5.74) is 1.56. The first-order chi connectivity index (χ1) is 17.1. The average Bonchev–Trinajstić information content (AvgIpc) is 3.39. The number of ether oxygens (including phenoxy) is 4. The monoisotopic (exact) mass is 505 g/mol. The Kier molecular flexibility index (Phi) is 11.4. The molecule has 0 spiro atoms. The van der Waals surface area contributed by atoms with Crippen LogP contribution >= 0.6 is 11.3 Å². The quantitative estimate of drug-likeness (QED) is 0.394. The van der Waals surface area contributed by atoms with Crippen molar-refractivity contribution < 1.29 is 28.5 Å². The van der Waals surface area contributed by atoms with Crippen LogP contribution in [0.3, 0.4) is 0 Å². The molecule has 192 valence electrons. The molecule has 2 amide bonds. The highest BCUT2D eigenvalue weighted by Gasteiger charge is 2.26. The molecule has 0 bridgehead atoms. The molecule has 1 saturated heterocycles. The van der Waals surface area contributed by atoms with Gasteiger partial charge in [-0.2, -0.15) is 0 Å². The number of likely N-dealkylation sites (tertiary alicyclic amines) is 1. The lowest BCUT2D eigenvalue weighted by atomic mass is 9.97. The predicted octanol–water partition coefficient (Wildman–Crippen LogP) is 2.51. The average molecular weight is 506 g/mol. The third-order valence-corrected chi connectivity index (χ3v) is 6.82. The third-order valence-electron chi connectivity index (χ3n) is 5.81. The number of hydrogen-bond acceptors (Lipinski definition) is 8. The Morgan fingerprint density at radius 2 is 1.89 bits per heavy atom. The van der Waals surface area contributed by atoms with Crippen molar-refractivity contribution in [2.24, 2.45) is 0 Å². The van der Waals surface area contributed by atoms with E-state index in [0.717, 1.165) is 35.6 Å². The Labute approximate surface area is 210 Å². The van der Waals surface area contributed by atoms with E-state index in [-0.39, 0.29) is 24.3 Å². The smallest absolute Gasteiger partial charge is 0.270 e. The van der Waals surface area contributed by atoms with Gasteiger partial charge in [-0.25, -0.2) is 4.98 Å². The van der Waals surface area contributed by atoms with Gasteiger partial charge in [0.25, 0.3) is 5.91 Å². The molecule has 35 heavy (non-hydrogen) atoms. The number of piperidine rings is 1. The van der Waals surface area contributed by atoms with Crippen LogP contribution in [0, 0.1) is 0 Å². The van der Waals surface area contributed by atoms with Crippen molar-refractivity contribution in [2.45, 2.75) is 25.2 Å². The molecule has 1 aromatic carbocycles. The summed E-state index contributed by atoms with van der Waals surface area (Å²) in [6.45, 7) is 3.82. The van der Waals surface area contributed by atoms with Crippen molar-refractivity contribution in [2.75, 3.05) is 66.9 Å². The zero-order chi connectivity index (χ0) is 24.9. The zero-order valence-corrected chi connectivity index (χ0v) is 21.3. The summed E-state index contributed by atoms with van der Waals surface area (Å²) in [6, 6.07) is 7.82. The lowest BCUT2D eigenvalue weighted by Gasteiger charge is -2.31. The summed E-state index contributed by atoms with van der Waals surface area (Å²) < 4.78 is 20.9. The summed E-state index contributed by atoms with van der Waals surface area (Å²) in [4.78, 5) is 31.3. The van der Waals surface area contributed by atoms with E-state index in [0.29, 0.717) is 51.8 Å². The molecular weight excluding hydrogens is 470 g/mol. The van der Waals surface area contributed by atoms with E-state index < -0.39 is 0 Å². The zero-order valence-electron chi connectivity index (χ0n) is 20.5. The van der Waals surface area contributed by atoms with Crippen molar-refractivity contribution in [3.63, 3.8) is 0 Å². The van der Waals surface area contributed by atoms with Gasteiger partial charge in [0, 0.05) is 38.0 Å². The first-order valence-electron chi connectivity index (χ1n) is 11.9. The van der Waals surface area contributed by atoms with Gasteiger partial charge < -0.3 is 29.2 Å². The van der Waals surface area contributed by atoms with Gasteiger partial charge in [-0.1, -0.05) is 12.1 Å². The van der Waals surface area contributed by atoms with Gasteiger partial charge in [-0.15, -0.1) is 11.3 Å². The second-order valence-electron chi connectivity index (χ2n) is 8.24. The molecule has 1 fully saturated rings. The first-order valence-corrected chi connectivity index (χ1v) is 12.8. The number of hydrogen-bond donors (Lipinski definition) is 1. The minimum Gasteiger partial charge on any atom is -0.497 e. The number of rotatable bonds is 14. The van der Waals surface area contributed by atoms with Crippen LogP contribution in [-0.4, -0.2) is 88.6 Å². The normalized spacial score (nSPS) is 14.2. The van der Waals surface area contributed by atoms with Crippen LogP contribution in [0.5, 0.6) is 5.75 Å². The Morgan fingerprint density at radius 1 is 1.11 bits per heavy atom. The molecule has 10 heteroatoms. The molecule has 0 aliphatic carbocycles. The molecule has 1 aliphatic rings. The summed E-state index contributed by atoms with van der Waals surface area (Å²) in [6.07, 6.45) is 2.38. The van der Waals surface area contributed by atoms with Crippen LogP contribution in [0.15, 0.2) is 29.6 Å². The molecule has 0 atom stereocenters. The first kappa shape index (κ1) is 27.1. The molecule has 2 aromatic rings. The van der Waals surface area contributed by atoms with Gasteiger partial charge in [-0.05, 0) is 37.0 Å². The van der Waals surface area contributed by atoms with Crippen molar-refractivity contribution in [1.29, 1.82) is 0 Å². The Morgan fingerprint density at radius 3 is 2.66 bits per heavy atom. The molecule has 0 saturated carbocycles. The summed E-state index contributed by atoms with van der Waals surface area (Å²) >= 11 is 1.51. The maximum atomic E-state index is 12.5. The van der Waals surface area contributed by atoms with Gasteiger partial charge in [0.2, 0.25) is 5.91 Å². The highest BCUT2D eigenvalue weighted by atomic mass is 32.1. The van der Waals surface area contributed by atoms with Crippen LogP contribution in [0.25, 0.3) is 0 Å². The van der Waals surface area contributed by atoms with E-state index in [9.17, 15) is 9.59 Å². The molecule has 1 N–H and O–H groups in total. The number of nitrogens with one attached hydrogen (secondary N) is 1. The van der Waals surface area contributed by atoms with Crippen LogP contribution in [-0.2, 0) is 25.4 Å². The van der Waals surface area contributed by atoms with Gasteiger partial charge >= 0.3 is 0 Å². The fraction of sp³-hybridized carbons (Fsp3) is 0.560. The Hall–Kier alpha value is -2.53. The Balaban J connectivity index is 1.35. The number of aromatic nitrogens is 1. The van der Waals surface area contributed by atoms with Crippen molar-refractivity contribution in [1.82, 2.24) is 15.2 Å². The number of carbonyl (C=O) groups excluding carboxylic acids is 2. The molecule has 3 rings (SSSR count). The molecule has 0 unspecified atom stereocenters. The van der Waals surface area contributed by atoms with E-state index in [2.05, 4.69) is 10.3 Å². The van der Waals surface area contributed by atoms with Crippen molar-refractivity contribution >= 4 is 23.2 Å². The number of thiazole rings is 1. The summed E-state index contributed by atoms with van der Waals surface area (Å²) in [5.74, 6) is 0.904. The molecular formula is C25H35N3O6S. The summed E-state index contributed by atoms with van der Waals surface area (Å²) in [5, 5.41) is 5.72. The van der Waals surface area contributed by atoms with E-state index in [1.807, 2.05) is 34.5 Å². The number of carbonyl (C=O) groups is 2. The van der Waals surface area contributed by atoms with Crippen LogP contribution in [0.2, 0.25) is 0 Å². The second kappa shape index (κ2) is 14.8. The predicted molar refractivity (Wildman–Crippen MR) is 133 cm³/mol. The van der Waals surface area contributed by atoms with Crippen molar-refractivity contribution in [3.8, 4) is 5.75 Å². The third kappa shape index (κ3) is 8.88. The van der Waals surface area contributed by atoms with Gasteiger partial charge in [0.15, 0.2) is 0 Å². The largest absolute Gasteiger partial charge is 0.497 e. The molecule has 0 radical (unpaired) electrons. The minimum absolute atomic E-state index is 0.00409. The number of methoxy groups -OCH3 is 2. The summed E-state index contributed by atoms with van der Waals surface area (Å²) in [7, 11) is 3.26. The fourth-order valence-electron chi connectivity index (χ4n) is 3.81. The molecule has 2 heterocycles. The number of nitrogens with zero attached hydrogens (tertiary/aromatic N) is 2. The van der Waals surface area contributed by atoms with Crippen LogP contribution < -0.4 is 10.1 Å². The lowest BCUT2D eigenvalue weighted by Crippen LogP contribution is -2.40. The lowest BCUT2D eigenvalue weighted by molar-refractivity contribution is -0.137. The highest BCUT2D eigenvalue weighted by Crippen LogP contribution is 2.30. The van der Waals surface area contributed by atoms with E-state index in [4.69, 9.17) is 18.9 Å². The number of benzene rings is 1. The van der Waals surface area contributed by atoms with Gasteiger partial charge in [0.1, 0.15) is 18.1 Å². The van der Waals surface area contributed by atoms with Crippen LogP contribution in [0.1, 0.15) is 39.8 Å². The molecule has 1 aliphatic heterocycles. The standard InChI is InChI=1S/C25H35N3O6S/c1-31-12-13-33-14-15-34-17-23(29)28-10-7-20(8-11-28)25-27-22(18-35-25)24(30)26-9-6-19-4-3-5-21(16-19)32-2/h3-5,16,18,20H,6-15,17H2,1-2H3,(H,26,30). The Bertz CT molecular complexity index is 929. The van der Waals surface area contributed by atoms with Gasteiger partial charge in [0.05, 0.1) is 38.5 Å². The fourth-order valence-corrected chi connectivity index (χ4v) is 4.78. The van der Waals surface area contributed by atoms with E-state index in [1.165, 1.54) is 11.3 Å². The molecule has 9 nitrogen and oxygen atoms in total. The van der Waals surface area contributed by atoms with Gasteiger partial charge in [-0.3, -0.25) is 9.59 Å². The minimum atomic E-state index is -0.161.